The molecule has 1 rings (SSSR count). The van der Waals surface area contributed by atoms with Crippen LogP contribution in [-0.2, 0) is 4.79 Å². The highest BCUT2D eigenvalue weighted by Gasteiger charge is 2.17. The molecule has 0 saturated carbocycles. The first-order valence-corrected chi connectivity index (χ1v) is 6.16. The molecule has 0 aromatic rings. The molecule has 1 fully saturated rings. The highest BCUT2D eigenvalue weighted by Crippen LogP contribution is 2.07. The molecule has 7 nitrogen and oxygen atoms in total. The van der Waals surface area contributed by atoms with Crippen LogP contribution >= 0.6 is 0 Å². The first kappa shape index (κ1) is 14.7. The quantitative estimate of drug-likeness (QED) is 0.501. The van der Waals surface area contributed by atoms with Crippen LogP contribution < -0.4 is 10.6 Å². The number of rotatable bonds is 6. The summed E-state index contributed by atoms with van der Waals surface area (Å²) in [7, 11) is 0. The van der Waals surface area contributed by atoms with Gasteiger partial charge in [0.2, 0.25) is 0 Å². The summed E-state index contributed by atoms with van der Waals surface area (Å²) in [6, 6.07) is -0.466. The summed E-state index contributed by atoms with van der Waals surface area (Å²) in [6.07, 6.45) is 0.831. The topological polar surface area (TPSA) is 102 Å². The molecule has 1 aliphatic heterocycles. The maximum atomic E-state index is 11.4. The normalized spacial score (nSPS) is 19.2. The second-order valence-corrected chi connectivity index (χ2v) is 4.62. The average Bonchev–Trinajstić information content (AvgIpc) is 2.78. The molecule has 1 heterocycles. The molecule has 1 unspecified atom stereocenters. The number of likely N-dealkylation sites (tertiary alicyclic amines) is 1. The Labute approximate surface area is 106 Å². The number of nitrogens with one attached hydrogen (secondary N) is 2. The molecule has 0 aromatic heterocycles. The van der Waals surface area contributed by atoms with E-state index in [0.29, 0.717) is 0 Å². The summed E-state index contributed by atoms with van der Waals surface area (Å²) < 4.78 is 0. The van der Waals surface area contributed by atoms with Crippen molar-refractivity contribution in [1.82, 2.24) is 15.5 Å². The van der Waals surface area contributed by atoms with Gasteiger partial charge in [0.1, 0.15) is 0 Å². The minimum Gasteiger partial charge on any atom is -0.479 e. The SMILES string of the molecule is CC(CN1CCCC1)NC(=O)NC[C@H](O)C(=O)O. The van der Waals surface area contributed by atoms with Crippen LogP contribution in [0.1, 0.15) is 19.8 Å². The van der Waals surface area contributed by atoms with Crippen LogP contribution in [-0.4, -0.2) is 65.4 Å². The van der Waals surface area contributed by atoms with E-state index < -0.39 is 18.1 Å². The molecule has 0 aromatic carbocycles. The van der Waals surface area contributed by atoms with Crippen molar-refractivity contribution in [2.75, 3.05) is 26.2 Å². The lowest BCUT2D eigenvalue weighted by Gasteiger charge is -2.21. The van der Waals surface area contributed by atoms with E-state index in [0.717, 1.165) is 19.6 Å². The fraction of sp³-hybridized carbons (Fsp3) is 0.818. The zero-order valence-corrected chi connectivity index (χ0v) is 10.6. The summed E-state index contributed by atoms with van der Waals surface area (Å²) in [5.41, 5.74) is 0. The number of hydrogen-bond donors (Lipinski definition) is 4. The number of amides is 2. The maximum Gasteiger partial charge on any atom is 0.334 e. The molecule has 0 bridgehead atoms. The number of urea groups is 1. The second-order valence-electron chi connectivity index (χ2n) is 4.62. The summed E-state index contributed by atoms with van der Waals surface area (Å²) in [4.78, 5) is 24.0. The minimum atomic E-state index is -1.57. The van der Waals surface area contributed by atoms with E-state index in [2.05, 4.69) is 15.5 Å². The molecule has 104 valence electrons. The largest absolute Gasteiger partial charge is 0.479 e. The van der Waals surface area contributed by atoms with Gasteiger partial charge >= 0.3 is 12.0 Å². The summed E-state index contributed by atoms with van der Waals surface area (Å²) >= 11 is 0. The van der Waals surface area contributed by atoms with Crippen LogP contribution in [0.15, 0.2) is 0 Å². The van der Waals surface area contributed by atoms with Gasteiger partial charge in [-0.3, -0.25) is 0 Å². The van der Waals surface area contributed by atoms with E-state index in [9.17, 15) is 9.59 Å². The molecule has 18 heavy (non-hydrogen) atoms. The van der Waals surface area contributed by atoms with Gasteiger partial charge < -0.3 is 25.7 Å². The maximum absolute atomic E-state index is 11.4. The Kier molecular flexibility index (Phi) is 5.87. The number of aliphatic hydroxyl groups excluding tert-OH is 1. The molecule has 0 aliphatic carbocycles. The third-order valence-corrected chi connectivity index (χ3v) is 2.85. The number of carbonyl (C=O) groups is 2. The lowest BCUT2D eigenvalue weighted by Crippen LogP contribution is -2.48. The summed E-state index contributed by atoms with van der Waals surface area (Å²) in [5, 5.41) is 22.5. The van der Waals surface area contributed by atoms with E-state index >= 15 is 0 Å². The third kappa shape index (κ3) is 5.33. The highest BCUT2D eigenvalue weighted by molar-refractivity contribution is 5.76. The molecule has 7 heteroatoms. The lowest BCUT2D eigenvalue weighted by molar-refractivity contribution is -0.146. The minimum absolute atomic E-state index is 0.00919. The van der Waals surface area contributed by atoms with Crippen molar-refractivity contribution in [1.29, 1.82) is 0 Å². The van der Waals surface area contributed by atoms with Crippen molar-refractivity contribution in [3.63, 3.8) is 0 Å². The van der Waals surface area contributed by atoms with Gasteiger partial charge in [-0.1, -0.05) is 0 Å². The molecule has 0 spiro atoms. The first-order chi connectivity index (χ1) is 8.49. The monoisotopic (exact) mass is 259 g/mol. The van der Waals surface area contributed by atoms with Crippen LogP contribution in [0.3, 0.4) is 0 Å². The van der Waals surface area contributed by atoms with Gasteiger partial charge in [0, 0.05) is 12.6 Å². The van der Waals surface area contributed by atoms with Crippen LogP contribution in [0.2, 0.25) is 0 Å². The fourth-order valence-corrected chi connectivity index (χ4v) is 1.95. The molecule has 2 atom stereocenters. The number of aliphatic carboxylic acids is 1. The molecule has 4 N–H and O–H groups in total. The lowest BCUT2D eigenvalue weighted by atomic mass is 10.3. The molecular formula is C11H21N3O4. The van der Waals surface area contributed by atoms with Gasteiger partial charge in [-0.2, -0.15) is 0 Å². The molecule has 1 saturated heterocycles. The molecule has 0 radical (unpaired) electrons. The van der Waals surface area contributed by atoms with Crippen molar-refractivity contribution < 1.29 is 19.8 Å². The number of aliphatic hydroxyl groups is 1. The molecular weight excluding hydrogens is 238 g/mol. The van der Waals surface area contributed by atoms with Crippen LogP contribution in [0.25, 0.3) is 0 Å². The predicted molar refractivity (Wildman–Crippen MR) is 65.3 cm³/mol. The second kappa shape index (κ2) is 7.17. The van der Waals surface area contributed by atoms with Crippen molar-refractivity contribution >= 4 is 12.0 Å². The summed E-state index contributed by atoms with van der Waals surface area (Å²) in [6.45, 7) is 4.51. The van der Waals surface area contributed by atoms with Crippen LogP contribution in [0.5, 0.6) is 0 Å². The Morgan fingerprint density at radius 1 is 1.33 bits per heavy atom. The predicted octanol–water partition coefficient (Wildman–Crippen LogP) is -0.785. The van der Waals surface area contributed by atoms with Crippen molar-refractivity contribution in [3.8, 4) is 0 Å². The molecule has 2 amide bonds. The highest BCUT2D eigenvalue weighted by atomic mass is 16.4. The van der Waals surface area contributed by atoms with E-state index in [1.165, 1.54) is 12.8 Å². The van der Waals surface area contributed by atoms with Crippen LogP contribution in [0, 0.1) is 0 Å². The Balaban J connectivity index is 2.16. The standard InChI is InChI=1S/C11H21N3O4/c1-8(7-14-4-2-3-5-14)13-11(18)12-6-9(15)10(16)17/h8-9,15H,2-7H2,1H3,(H,16,17)(H2,12,13,18)/t8?,9-/m0/s1. The zero-order chi connectivity index (χ0) is 13.5. The Morgan fingerprint density at radius 2 is 1.94 bits per heavy atom. The van der Waals surface area contributed by atoms with E-state index in [-0.39, 0.29) is 12.6 Å². The van der Waals surface area contributed by atoms with Gasteiger partial charge in [0.15, 0.2) is 6.10 Å². The average molecular weight is 259 g/mol. The fourth-order valence-electron chi connectivity index (χ4n) is 1.95. The zero-order valence-electron chi connectivity index (χ0n) is 10.6. The Bertz CT molecular complexity index is 292. The van der Waals surface area contributed by atoms with Crippen LogP contribution in [0.4, 0.5) is 4.79 Å². The third-order valence-electron chi connectivity index (χ3n) is 2.85. The first-order valence-electron chi connectivity index (χ1n) is 6.16. The van der Waals surface area contributed by atoms with Crippen molar-refractivity contribution in [2.45, 2.75) is 31.9 Å². The number of nitrogens with zero attached hydrogens (tertiary/aromatic N) is 1. The van der Waals surface area contributed by atoms with Gasteiger partial charge in [0.25, 0.3) is 0 Å². The molecule has 1 aliphatic rings. The number of hydrogen-bond acceptors (Lipinski definition) is 4. The van der Waals surface area contributed by atoms with Gasteiger partial charge in [-0.05, 0) is 32.9 Å². The Morgan fingerprint density at radius 3 is 2.50 bits per heavy atom. The number of carbonyl (C=O) groups excluding carboxylic acids is 1. The van der Waals surface area contributed by atoms with E-state index in [4.69, 9.17) is 10.2 Å². The van der Waals surface area contributed by atoms with Crippen molar-refractivity contribution in [3.05, 3.63) is 0 Å². The van der Waals surface area contributed by atoms with Gasteiger partial charge in [-0.15, -0.1) is 0 Å². The number of carboxylic acids is 1. The van der Waals surface area contributed by atoms with Crippen molar-refractivity contribution in [2.24, 2.45) is 0 Å². The summed E-state index contributed by atoms with van der Waals surface area (Å²) in [5.74, 6) is -1.35. The van der Waals surface area contributed by atoms with Gasteiger partial charge in [0.05, 0.1) is 6.54 Å². The number of carboxylic acid groups (broad SMARTS) is 1. The van der Waals surface area contributed by atoms with E-state index in [1.807, 2.05) is 6.92 Å². The smallest absolute Gasteiger partial charge is 0.334 e. The van der Waals surface area contributed by atoms with Gasteiger partial charge in [-0.25, -0.2) is 9.59 Å². The Hall–Kier alpha value is -1.34. The van der Waals surface area contributed by atoms with E-state index in [1.54, 1.807) is 0 Å².